The first kappa shape index (κ1) is 25.6. The summed E-state index contributed by atoms with van der Waals surface area (Å²) in [7, 11) is 3.82. The summed E-state index contributed by atoms with van der Waals surface area (Å²) >= 11 is 6.01. The van der Waals surface area contributed by atoms with Gasteiger partial charge < -0.3 is 24.8 Å². The lowest BCUT2D eigenvalue weighted by Crippen LogP contribution is -2.41. The van der Waals surface area contributed by atoms with E-state index in [1.807, 2.05) is 19.1 Å². The van der Waals surface area contributed by atoms with Crippen LogP contribution in [0.15, 0.2) is 33.8 Å². The SMILES string of the molecule is CCNC(=NCc1nc(-c2cccc(Cl)c2)no1)NCCN(C)CCCOC.I. The minimum Gasteiger partial charge on any atom is -0.385 e. The number of likely N-dealkylation sites (N-methyl/N-ethyl adjacent to an activating group) is 1. The van der Waals surface area contributed by atoms with Crippen LogP contribution in [0.25, 0.3) is 11.4 Å². The molecule has 0 radical (unpaired) electrons. The van der Waals surface area contributed by atoms with Crippen LogP contribution in [0.5, 0.6) is 0 Å². The van der Waals surface area contributed by atoms with Gasteiger partial charge in [0.05, 0.1) is 0 Å². The number of guanidine groups is 1. The van der Waals surface area contributed by atoms with Crippen LogP contribution >= 0.6 is 35.6 Å². The number of benzene rings is 1. The fourth-order valence-corrected chi connectivity index (χ4v) is 2.70. The molecule has 0 aliphatic rings. The molecule has 0 spiro atoms. The predicted octanol–water partition coefficient (Wildman–Crippen LogP) is 3.03. The van der Waals surface area contributed by atoms with Gasteiger partial charge in [-0.3, -0.25) is 0 Å². The van der Waals surface area contributed by atoms with Crippen LogP contribution in [-0.2, 0) is 11.3 Å². The smallest absolute Gasteiger partial charge is 0.248 e. The highest BCUT2D eigenvalue weighted by Gasteiger charge is 2.09. The number of hydrogen-bond acceptors (Lipinski definition) is 6. The van der Waals surface area contributed by atoms with Crippen LogP contribution in [0.4, 0.5) is 0 Å². The lowest BCUT2D eigenvalue weighted by Gasteiger charge is -2.17. The van der Waals surface area contributed by atoms with Crippen molar-refractivity contribution in [3.05, 3.63) is 35.2 Å². The number of aromatic nitrogens is 2. The first-order valence-corrected chi connectivity index (χ1v) is 9.78. The summed E-state index contributed by atoms with van der Waals surface area (Å²) in [5.74, 6) is 1.67. The minimum absolute atomic E-state index is 0. The van der Waals surface area contributed by atoms with Crippen molar-refractivity contribution in [3.8, 4) is 11.4 Å². The number of rotatable bonds is 11. The molecule has 2 aromatic rings. The molecule has 0 bridgehead atoms. The van der Waals surface area contributed by atoms with Gasteiger partial charge in [-0.15, -0.1) is 24.0 Å². The number of nitrogens with zero attached hydrogens (tertiary/aromatic N) is 4. The van der Waals surface area contributed by atoms with Gasteiger partial charge in [-0.1, -0.05) is 28.9 Å². The Morgan fingerprint density at radius 2 is 2.14 bits per heavy atom. The molecule has 1 aromatic carbocycles. The second-order valence-corrected chi connectivity index (χ2v) is 6.73. The van der Waals surface area contributed by atoms with E-state index in [2.05, 4.69) is 37.7 Å². The molecule has 2 N–H and O–H groups in total. The molecular weight excluding hydrogens is 507 g/mol. The first-order chi connectivity index (χ1) is 13.6. The van der Waals surface area contributed by atoms with Crippen molar-refractivity contribution in [2.24, 2.45) is 4.99 Å². The van der Waals surface area contributed by atoms with Crippen molar-refractivity contribution in [2.45, 2.75) is 19.9 Å². The van der Waals surface area contributed by atoms with Crippen molar-refractivity contribution in [3.63, 3.8) is 0 Å². The molecule has 0 atom stereocenters. The standard InChI is InChI=1S/C19H29ClN6O2.HI/c1-4-21-19(22-9-11-26(2)10-6-12-27-3)23-14-17-24-18(25-28-17)15-7-5-8-16(20)13-15;/h5,7-8,13H,4,6,9-12,14H2,1-3H3,(H2,21,22,23);1H. The average molecular weight is 537 g/mol. The van der Waals surface area contributed by atoms with Crippen LogP contribution in [0.2, 0.25) is 5.02 Å². The quantitative estimate of drug-likeness (QED) is 0.198. The average Bonchev–Trinajstić information content (AvgIpc) is 3.15. The molecule has 0 aliphatic carbocycles. The molecule has 0 amide bonds. The zero-order valence-corrected chi connectivity index (χ0v) is 20.2. The third kappa shape index (κ3) is 9.75. The third-order valence-corrected chi connectivity index (χ3v) is 4.18. The van der Waals surface area contributed by atoms with Crippen molar-refractivity contribution >= 4 is 41.5 Å². The van der Waals surface area contributed by atoms with E-state index in [4.69, 9.17) is 20.9 Å². The van der Waals surface area contributed by atoms with Gasteiger partial charge >= 0.3 is 0 Å². The summed E-state index contributed by atoms with van der Waals surface area (Å²) < 4.78 is 10.4. The van der Waals surface area contributed by atoms with Gasteiger partial charge in [0.25, 0.3) is 0 Å². The zero-order valence-electron chi connectivity index (χ0n) is 17.2. The number of nitrogens with one attached hydrogen (secondary N) is 2. The third-order valence-electron chi connectivity index (χ3n) is 3.94. The minimum atomic E-state index is 0. The van der Waals surface area contributed by atoms with Crippen LogP contribution in [0.3, 0.4) is 0 Å². The molecule has 1 aromatic heterocycles. The molecule has 0 saturated carbocycles. The molecule has 0 unspecified atom stereocenters. The predicted molar refractivity (Wildman–Crippen MR) is 127 cm³/mol. The molecule has 162 valence electrons. The normalized spacial score (nSPS) is 11.4. The zero-order chi connectivity index (χ0) is 20.2. The van der Waals surface area contributed by atoms with E-state index in [1.54, 1.807) is 19.2 Å². The molecule has 0 fully saturated rings. The second-order valence-electron chi connectivity index (χ2n) is 6.29. The van der Waals surface area contributed by atoms with E-state index in [9.17, 15) is 0 Å². The van der Waals surface area contributed by atoms with Crippen LogP contribution < -0.4 is 10.6 Å². The van der Waals surface area contributed by atoms with Gasteiger partial charge in [0.2, 0.25) is 11.7 Å². The Balaban J connectivity index is 0.00000420. The molecule has 2 rings (SSSR count). The Morgan fingerprint density at radius 1 is 1.31 bits per heavy atom. The summed E-state index contributed by atoms with van der Waals surface area (Å²) in [5, 5.41) is 11.2. The van der Waals surface area contributed by atoms with Gasteiger partial charge in [-0.25, -0.2) is 4.99 Å². The number of ether oxygens (including phenoxy) is 1. The molecular formula is C19H30ClIN6O2. The molecule has 10 heteroatoms. The summed E-state index contributed by atoms with van der Waals surface area (Å²) in [6, 6.07) is 7.35. The van der Waals surface area contributed by atoms with E-state index < -0.39 is 0 Å². The van der Waals surface area contributed by atoms with Gasteiger partial charge in [-0.05, 0) is 32.5 Å². The van der Waals surface area contributed by atoms with Gasteiger partial charge in [0.1, 0.15) is 6.54 Å². The number of methoxy groups -OCH3 is 1. The maximum absolute atomic E-state index is 6.01. The van der Waals surface area contributed by atoms with E-state index in [-0.39, 0.29) is 24.0 Å². The van der Waals surface area contributed by atoms with Crippen LogP contribution in [0.1, 0.15) is 19.2 Å². The van der Waals surface area contributed by atoms with Crippen molar-refractivity contribution in [1.29, 1.82) is 0 Å². The Morgan fingerprint density at radius 3 is 2.86 bits per heavy atom. The Kier molecular flexibility index (Phi) is 12.8. The summed E-state index contributed by atoms with van der Waals surface area (Å²) in [5.41, 5.74) is 0.813. The largest absolute Gasteiger partial charge is 0.385 e. The fraction of sp³-hybridized carbons (Fsp3) is 0.526. The van der Waals surface area contributed by atoms with E-state index in [0.29, 0.717) is 23.3 Å². The van der Waals surface area contributed by atoms with Crippen molar-refractivity contribution in [1.82, 2.24) is 25.7 Å². The lowest BCUT2D eigenvalue weighted by atomic mass is 10.2. The Bertz CT molecular complexity index is 743. The highest BCUT2D eigenvalue weighted by molar-refractivity contribution is 14.0. The summed E-state index contributed by atoms with van der Waals surface area (Å²) in [6.45, 7) is 6.57. The summed E-state index contributed by atoms with van der Waals surface area (Å²) in [4.78, 5) is 11.2. The van der Waals surface area contributed by atoms with Gasteiger partial charge in [0, 0.05) is 50.5 Å². The first-order valence-electron chi connectivity index (χ1n) is 9.40. The molecule has 0 saturated heterocycles. The topological polar surface area (TPSA) is 87.8 Å². The number of hydrogen-bond donors (Lipinski definition) is 2. The van der Waals surface area contributed by atoms with Crippen LogP contribution in [0, 0.1) is 0 Å². The highest BCUT2D eigenvalue weighted by Crippen LogP contribution is 2.19. The Labute approximate surface area is 194 Å². The van der Waals surface area contributed by atoms with Crippen molar-refractivity contribution in [2.75, 3.05) is 46.9 Å². The summed E-state index contributed by atoms with van der Waals surface area (Å²) in [6.07, 6.45) is 1.02. The molecule has 29 heavy (non-hydrogen) atoms. The Hall–Kier alpha value is -1.43. The molecule has 1 heterocycles. The highest BCUT2D eigenvalue weighted by atomic mass is 127. The van der Waals surface area contributed by atoms with E-state index in [0.717, 1.165) is 50.7 Å². The van der Waals surface area contributed by atoms with E-state index in [1.165, 1.54) is 0 Å². The molecule has 8 nitrogen and oxygen atoms in total. The van der Waals surface area contributed by atoms with Gasteiger partial charge in [0.15, 0.2) is 5.96 Å². The fourth-order valence-electron chi connectivity index (χ4n) is 2.51. The van der Waals surface area contributed by atoms with Gasteiger partial charge in [-0.2, -0.15) is 4.98 Å². The molecule has 0 aliphatic heterocycles. The number of halogens is 2. The maximum atomic E-state index is 6.01. The van der Waals surface area contributed by atoms with Crippen LogP contribution in [-0.4, -0.2) is 67.9 Å². The van der Waals surface area contributed by atoms with Crippen molar-refractivity contribution < 1.29 is 9.26 Å². The van der Waals surface area contributed by atoms with E-state index >= 15 is 0 Å². The second kappa shape index (κ2) is 14.5. The maximum Gasteiger partial charge on any atom is 0.248 e. The number of aliphatic imine (C=N–C) groups is 1. The monoisotopic (exact) mass is 536 g/mol. The lowest BCUT2D eigenvalue weighted by molar-refractivity contribution is 0.180.